The minimum absolute atomic E-state index is 0.0699. The van der Waals surface area contributed by atoms with Crippen molar-refractivity contribution in [3.63, 3.8) is 0 Å². The average molecular weight is 384 g/mol. The van der Waals surface area contributed by atoms with Crippen molar-refractivity contribution < 1.29 is 14.3 Å². The lowest BCUT2D eigenvalue weighted by Crippen LogP contribution is -2.45. The molecule has 4 nitrogen and oxygen atoms in total. The molecule has 0 bridgehead atoms. The summed E-state index contributed by atoms with van der Waals surface area (Å²) in [6.07, 6.45) is 0.110. The van der Waals surface area contributed by atoms with Gasteiger partial charge < -0.3 is 9.64 Å². The molecule has 1 rings (SSSR count). The maximum atomic E-state index is 12.8. The van der Waals surface area contributed by atoms with Gasteiger partial charge in [-0.25, -0.2) is 4.79 Å². The molecule has 0 aliphatic rings. The summed E-state index contributed by atoms with van der Waals surface area (Å²) in [6, 6.07) is 6.65. The number of benzene rings is 1. The van der Waals surface area contributed by atoms with Crippen LogP contribution in [0.5, 0.6) is 0 Å². The van der Waals surface area contributed by atoms with Crippen molar-refractivity contribution in [3.8, 4) is 0 Å². The van der Waals surface area contributed by atoms with Crippen LogP contribution in [0, 0.1) is 5.92 Å². The molecule has 0 saturated heterocycles. The van der Waals surface area contributed by atoms with Crippen LogP contribution in [0.2, 0.25) is 0 Å². The Morgan fingerprint density at radius 1 is 1.17 bits per heavy atom. The van der Waals surface area contributed by atoms with Gasteiger partial charge in [0, 0.05) is 17.1 Å². The van der Waals surface area contributed by atoms with Crippen LogP contribution in [0.3, 0.4) is 0 Å². The first kappa shape index (κ1) is 19.7. The first-order valence-corrected chi connectivity index (χ1v) is 8.56. The van der Waals surface area contributed by atoms with Crippen molar-refractivity contribution >= 4 is 27.8 Å². The van der Waals surface area contributed by atoms with E-state index >= 15 is 0 Å². The minimum atomic E-state index is -0.589. The van der Waals surface area contributed by atoms with Gasteiger partial charge in [0.25, 0.3) is 0 Å². The van der Waals surface area contributed by atoms with Gasteiger partial charge in [0.05, 0.1) is 6.04 Å². The maximum absolute atomic E-state index is 12.8. The van der Waals surface area contributed by atoms with E-state index in [0.29, 0.717) is 12.0 Å². The summed E-state index contributed by atoms with van der Waals surface area (Å²) in [6.45, 7) is 9.50. The molecule has 23 heavy (non-hydrogen) atoms. The molecule has 1 atom stereocenters. The van der Waals surface area contributed by atoms with Gasteiger partial charge in [-0.2, -0.15) is 0 Å². The number of halogens is 1. The molecular formula is C18H26BrNO3. The summed E-state index contributed by atoms with van der Waals surface area (Å²) in [5.41, 5.74) is 0.00300. The Labute approximate surface area is 147 Å². The van der Waals surface area contributed by atoms with Crippen molar-refractivity contribution in [2.24, 2.45) is 5.92 Å². The lowest BCUT2D eigenvalue weighted by Gasteiger charge is -2.31. The first-order valence-electron chi connectivity index (χ1n) is 7.77. The lowest BCUT2D eigenvalue weighted by atomic mass is 9.95. The Hall–Kier alpha value is -1.36. The number of likely N-dealkylation sites (N-methyl/N-ethyl adjacent to an activating group) is 1. The zero-order valence-electron chi connectivity index (χ0n) is 14.7. The zero-order valence-corrected chi connectivity index (χ0v) is 16.3. The van der Waals surface area contributed by atoms with Crippen molar-refractivity contribution in [2.45, 2.75) is 52.7 Å². The number of amides is 1. The number of ether oxygens (including phenoxy) is 1. The van der Waals surface area contributed by atoms with Crippen LogP contribution in [0.15, 0.2) is 28.7 Å². The molecule has 0 saturated carbocycles. The summed E-state index contributed by atoms with van der Waals surface area (Å²) in [5.74, 6) is 0.212. The molecule has 1 amide bonds. The van der Waals surface area contributed by atoms with E-state index in [1.807, 2.05) is 46.8 Å². The van der Waals surface area contributed by atoms with E-state index in [-0.39, 0.29) is 11.7 Å². The number of hydrogen-bond donors (Lipinski definition) is 0. The van der Waals surface area contributed by atoms with Gasteiger partial charge in [0.15, 0.2) is 5.78 Å². The highest BCUT2D eigenvalue weighted by Crippen LogP contribution is 2.20. The smallest absolute Gasteiger partial charge is 0.410 e. The van der Waals surface area contributed by atoms with Crippen LogP contribution in [0.4, 0.5) is 4.79 Å². The fourth-order valence-corrected chi connectivity index (χ4v) is 2.42. The molecule has 1 aromatic carbocycles. The molecule has 0 N–H and O–H groups in total. The number of rotatable bonds is 5. The number of ketones is 1. The zero-order chi connectivity index (χ0) is 17.8. The fourth-order valence-electron chi connectivity index (χ4n) is 2.16. The molecule has 1 aromatic rings. The van der Waals surface area contributed by atoms with E-state index in [4.69, 9.17) is 4.74 Å². The highest BCUT2D eigenvalue weighted by molar-refractivity contribution is 9.10. The highest BCUT2D eigenvalue weighted by atomic mass is 79.9. The van der Waals surface area contributed by atoms with Gasteiger partial charge in [-0.1, -0.05) is 41.9 Å². The molecule has 0 aliphatic heterocycles. The van der Waals surface area contributed by atoms with Gasteiger partial charge in [-0.05, 0) is 45.2 Å². The summed E-state index contributed by atoms with van der Waals surface area (Å²) in [5, 5.41) is 0. The van der Waals surface area contributed by atoms with Crippen LogP contribution < -0.4 is 0 Å². The number of hydrogen-bond acceptors (Lipinski definition) is 3. The summed E-state index contributed by atoms with van der Waals surface area (Å²) in [4.78, 5) is 26.6. The van der Waals surface area contributed by atoms with Crippen molar-refractivity contribution in [1.29, 1.82) is 0 Å². The molecule has 0 unspecified atom stereocenters. The third kappa shape index (κ3) is 6.34. The predicted molar refractivity (Wildman–Crippen MR) is 95.7 cm³/mol. The van der Waals surface area contributed by atoms with Gasteiger partial charge in [0.2, 0.25) is 0 Å². The van der Waals surface area contributed by atoms with E-state index in [1.165, 1.54) is 4.90 Å². The van der Waals surface area contributed by atoms with Crippen LogP contribution >= 0.6 is 15.9 Å². The van der Waals surface area contributed by atoms with E-state index in [0.717, 1.165) is 4.47 Å². The number of carbonyl (C=O) groups excluding carboxylic acids is 2. The second kappa shape index (κ2) is 7.95. The van der Waals surface area contributed by atoms with Gasteiger partial charge >= 0.3 is 6.09 Å². The molecule has 5 heteroatoms. The van der Waals surface area contributed by atoms with E-state index in [1.54, 1.807) is 19.2 Å². The van der Waals surface area contributed by atoms with Crippen molar-refractivity contribution in [1.82, 2.24) is 4.90 Å². The second-order valence-electron chi connectivity index (χ2n) is 7.11. The third-order valence-electron chi connectivity index (χ3n) is 3.28. The van der Waals surface area contributed by atoms with Crippen LogP contribution in [0.25, 0.3) is 0 Å². The predicted octanol–water partition coefficient (Wildman–Crippen LogP) is 4.91. The van der Waals surface area contributed by atoms with E-state index in [2.05, 4.69) is 15.9 Å². The molecule has 128 valence electrons. The molecule has 0 aromatic heterocycles. The maximum Gasteiger partial charge on any atom is 0.410 e. The Bertz CT molecular complexity index is 546. The Morgan fingerprint density at radius 2 is 1.70 bits per heavy atom. The molecule has 0 heterocycles. The van der Waals surface area contributed by atoms with Gasteiger partial charge in [-0.15, -0.1) is 0 Å². The average Bonchev–Trinajstić information content (AvgIpc) is 2.42. The molecular weight excluding hydrogens is 358 g/mol. The normalized spacial score (nSPS) is 12.9. The monoisotopic (exact) mass is 383 g/mol. The van der Waals surface area contributed by atoms with E-state index < -0.39 is 17.7 Å². The van der Waals surface area contributed by atoms with Crippen molar-refractivity contribution in [3.05, 3.63) is 34.3 Å². The van der Waals surface area contributed by atoms with Crippen LogP contribution in [-0.4, -0.2) is 35.5 Å². The third-order valence-corrected chi connectivity index (χ3v) is 3.80. The lowest BCUT2D eigenvalue weighted by molar-refractivity contribution is 0.0201. The Balaban J connectivity index is 3.01. The van der Waals surface area contributed by atoms with Crippen LogP contribution in [0.1, 0.15) is 51.4 Å². The van der Waals surface area contributed by atoms with Crippen molar-refractivity contribution in [2.75, 3.05) is 7.05 Å². The highest BCUT2D eigenvalue weighted by Gasteiger charge is 2.31. The second-order valence-corrected chi connectivity index (χ2v) is 8.02. The largest absolute Gasteiger partial charge is 0.444 e. The van der Waals surface area contributed by atoms with Gasteiger partial charge in [0.1, 0.15) is 5.60 Å². The fraction of sp³-hybridized carbons (Fsp3) is 0.556. The van der Waals surface area contributed by atoms with E-state index in [9.17, 15) is 9.59 Å². The SMILES string of the molecule is CC(C)C[C@@H](C(=O)c1ccc(Br)cc1)N(C)C(=O)OC(C)(C)C. The Kier molecular flexibility index (Phi) is 6.81. The summed E-state index contributed by atoms with van der Waals surface area (Å²) in [7, 11) is 1.62. The molecule has 0 spiro atoms. The summed E-state index contributed by atoms with van der Waals surface area (Å²) < 4.78 is 6.31. The summed E-state index contributed by atoms with van der Waals surface area (Å²) >= 11 is 3.36. The topological polar surface area (TPSA) is 46.6 Å². The standard InChI is InChI=1S/C18H26BrNO3/c1-12(2)11-15(20(6)17(22)23-18(3,4)5)16(21)13-7-9-14(19)10-8-13/h7-10,12,15H,11H2,1-6H3/t15-/m0/s1. The number of carbonyl (C=O) groups is 2. The quantitative estimate of drug-likeness (QED) is 0.678. The number of Topliss-reactive ketones (excluding diaryl/α,β-unsaturated/α-hetero) is 1. The minimum Gasteiger partial charge on any atom is -0.444 e. The molecule has 0 aliphatic carbocycles. The number of nitrogens with zero attached hydrogens (tertiary/aromatic N) is 1. The first-order chi connectivity index (χ1) is 10.5. The Morgan fingerprint density at radius 3 is 2.13 bits per heavy atom. The van der Waals surface area contributed by atoms with Crippen LogP contribution in [-0.2, 0) is 4.74 Å². The molecule has 0 radical (unpaired) electrons. The molecule has 0 fully saturated rings. The van der Waals surface area contributed by atoms with Gasteiger partial charge in [-0.3, -0.25) is 4.79 Å².